The predicted octanol–water partition coefficient (Wildman–Crippen LogP) is 3.44. The lowest BCUT2D eigenvalue weighted by atomic mass is 10.1. The van der Waals surface area contributed by atoms with Gasteiger partial charge in [0, 0.05) is 22.3 Å². The minimum Gasteiger partial charge on any atom is -0.473 e. The minimum absolute atomic E-state index is 0.0868. The Kier molecular flexibility index (Phi) is 4.33. The number of halogens is 1. The lowest BCUT2D eigenvalue weighted by molar-refractivity contribution is 0.289. The Morgan fingerprint density at radius 3 is 2.89 bits per heavy atom. The molecule has 1 atom stereocenters. The maximum absolute atomic E-state index is 5.88. The maximum atomic E-state index is 5.88. The molecule has 94 valence electrons. The number of rotatable bonds is 4. The number of pyridine rings is 1. The maximum Gasteiger partial charge on any atom is 0.218 e. The number of ether oxygens (including phenoxy) is 1. The first-order valence-electron chi connectivity index (χ1n) is 5.74. The molecule has 3 nitrogen and oxygen atoms in total. The summed E-state index contributed by atoms with van der Waals surface area (Å²) in [4.78, 5) is 4.22. The molecule has 0 saturated carbocycles. The van der Waals surface area contributed by atoms with Gasteiger partial charge in [-0.3, -0.25) is 0 Å². The van der Waals surface area contributed by atoms with Crippen LogP contribution in [0.1, 0.15) is 24.1 Å². The van der Waals surface area contributed by atoms with Gasteiger partial charge < -0.3 is 10.5 Å². The average molecular weight is 307 g/mol. The Labute approximate surface area is 115 Å². The SMILES string of the molecule is C[C@H](N)c1cccnc1OCc1cccc(Br)c1. The van der Waals surface area contributed by atoms with Crippen LogP contribution in [-0.4, -0.2) is 4.98 Å². The van der Waals surface area contributed by atoms with Gasteiger partial charge in [-0.05, 0) is 30.7 Å². The topological polar surface area (TPSA) is 48.1 Å². The van der Waals surface area contributed by atoms with Crippen LogP contribution < -0.4 is 10.5 Å². The molecule has 0 bridgehead atoms. The number of hydrogen-bond donors (Lipinski definition) is 1. The molecule has 4 heteroatoms. The zero-order valence-corrected chi connectivity index (χ0v) is 11.7. The third kappa shape index (κ3) is 3.31. The van der Waals surface area contributed by atoms with Crippen LogP contribution in [-0.2, 0) is 6.61 Å². The molecule has 1 aromatic heterocycles. The summed E-state index contributed by atoms with van der Waals surface area (Å²) in [6.07, 6.45) is 1.71. The number of aromatic nitrogens is 1. The highest BCUT2D eigenvalue weighted by atomic mass is 79.9. The number of nitrogens with zero attached hydrogens (tertiary/aromatic N) is 1. The van der Waals surface area contributed by atoms with Gasteiger partial charge in [-0.25, -0.2) is 4.98 Å². The van der Waals surface area contributed by atoms with Crippen molar-refractivity contribution in [2.45, 2.75) is 19.6 Å². The second kappa shape index (κ2) is 5.98. The zero-order chi connectivity index (χ0) is 13.0. The number of nitrogens with two attached hydrogens (primary N) is 1. The van der Waals surface area contributed by atoms with Gasteiger partial charge in [0.1, 0.15) is 6.61 Å². The fraction of sp³-hybridized carbons (Fsp3) is 0.214. The molecule has 0 aliphatic carbocycles. The third-order valence-corrected chi connectivity index (χ3v) is 3.05. The molecule has 0 unspecified atom stereocenters. The van der Waals surface area contributed by atoms with E-state index >= 15 is 0 Å². The number of benzene rings is 1. The molecule has 1 heterocycles. The van der Waals surface area contributed by atoms with Crippen molar-refractivity contribution in [3.63, 3.8) is 0 Å². The molecule has 2 aromatic rings. The second-order valence-corrected chi connectivity index (χ2v) is 5.02. The highest BCUT2D eigenvalue weighted by Gasteiger charge is 2.08. The van der Waals surface area contributed by atoms with Crippen molar-refractivity contribution in [1.82, 2.24) is 4.98 Å². The lowest BCUT2D eigenvalue weighted by Crippen LogP contribution is -2.09. The molecule has 2 N–H and O–H groups in total. The highest BCUT2D eigenvalue weighted by molar-refractivity contribution is 9.10. The van der Waals surface area contributed by atoms with Crippen molar-refractivity contribution in [2.24, 2.45) is 5.73 Å². The van der Waals surface area contributed by atoms with Crippen molar-refractivity contribution in [2.75, 3.05) is 0 Å². The minimum atomic E-state index is -0.0868. The fourth-order valence-electron chi connectivity index (χ4n) is 1.65. The van der Waals surface area contributed by atoms with E-state index in [1.807, 2.05) is 43.3 Å². The standard InChI is InChI=1S/C14H15BrN2O/c1-10(16)13-6-3-7-17-14(13)18-9-11-4-2-5-12(15)8-11/h2-8,10H,9,16H2,1H3/t10-/m0/s1. The highest BCUT2D eigenvalue weighted by Crippen LogP contribution is 2.21. The molecule has 0 fully saturated rings. The molecule has 0 aliphatic heterocycles. The van der Waals surface area contributed by atoms with Crippen LogP contribution >= 0.6 is 15.9 Å². The van der Waals surface area contributed by atoms with Gasteiger partial charge in [0.25, 0.3) is 0 Å². The molecular weight excluding hydrogens is 292 g/mol. The van der Waals surface area contributed by atoms with E-state index in [0.29, 0.717) is 12.5 Å². The van der Waals surface area contributed by atoms with Crippen LogP contribution in [0, 0.1) is 0 Å². The van der Waals surface area contributed by atoms with E-state index in [4.69, 9.17) is 10.5 Å². The van der Waals surface area contributed by atoms with Gasteiger partial charge in [0.2, 0.25) is 5.88 Å². The first kappa shape index (κ1) is 13.1. The van der Waals surface area contributed by atoms with E-state index in [-0.39, 0.29) is 6.04 Å². The van der Waals surface area contributed by atoms with Crippen LogP contribution in [0.15, 0.2) is 47.1 Å². The summed E-state index contributed by atoms with van der Waals surface area (Å²) in [5, 5.41) is 0. The van der Waals surface area contributed by atoms with Crippen molar-refractivity contribution < 1.29 is 4.74 Å². The molecule has 2 rings (SSSR count). The Morgan fingerprint density at radius 1 is 1.33 bits per heavy atom. The Hall–Kier alpha value is -1.39. The number of hydrogen-bond acceptors (Lipinski definition) is 3. The molecular formula is C14H15BrN2O. The summed E-state index contributed by atoms with van der Waals surface area (Å²) >= 11 is 3.43. The van der Waals surface area contributed by atoms with E-state index in [9.17, 15) is 0 Å². The molecule has 0 spiro atoms. The van der Waals surface area contributed by atoms with E-state index in [2.05, 4.69) is 20.9 Å². The lowest BCUT2D eigenvalue weighted by Gasteiger charge is -2.12. The molecule has 0 radical (unpaired) electrons. The monoisotopic (exact) mass is 306 g/mol. The Bertz CT molecular complexity index is 529. The normalized spacial score (nSPS) is 12.2. The first-order chi connectivity index (χ1) is 8.66. The van der Waals surface area contributed by atoms with Gasteiger partial charge >= 0.3 is 0 Å². The summed E-state index contributed by atoms with van der Waals surface area (Å²) in [7, 11) is 0. The average Bonchev–Trinajstić information content (AvgIpc) is 2.37. The quantitative estimate of drug-likeness (QED) is 0.941. The summed E-state index contributed by atoms with van der Waals surface area (Å²) < 4.78 is 6.77. The van der Waals surface area contributed by atoms with Crippen molar-refractivity contribution >= 4 is 15.9 Å². The van der Waals surface area contributed by atoms with Crippen molar-refractivity contribution in [3.05, 3.63) is 58.2 Å². The van der Waals surface area contributed by atoms with Gasteiger partial charge in [-0.15, -0.1) is 0 Å². The van der Waals surface area contributed by atoms with Crippen molar-refractivity contribution in [3.8, 4) is 5.88 Å². The zero-order valence-electron chi connectivity index (χ0n) is 10.1. The molecule has 1 aromatic carbocycles. The van der Waals surface area contributed by atoms with Crippen LogP contribution in [0.2, 0.25) is 0 Å². The van der Waals surface area contributed by atoms with E-state index in [0.717, 1.165) is 15.6 Å². The Morgan fingerprint density at radius 2 is 2.17 bits per heavy atom. The molecule has 0 aliphatic rings. The molecule has 0 amide bonds. The van der Waals surface area contributed by atoms with Gasteiger partial charge in [0.05, 0.1) is 0 Å². The van der Waals surface area contributed by atoms with Crippen LogP contribution in [0.5, 0.6) is 5.88 Å². The van der Waals surface area contributed by atoms with Crippen LogP contribution in [0.3, 0.4) is 0 Å². The summed E-state index contributed by atoms with van der Waals surface area (Å²) in [6, 6.07) is 11.7. The summed E-state index contributed by atoms with van der Waals surface area (Å²) in [5.74, 6) is 0.604. The fourth-order valence-corrected chi connectivity index (χ4v) is 2.10. The van der Waals surface area contributed by atoms with Gasteiger partial charge in [0.15, 0.2) is 0 Å². The van der Waals surface area contributed by atoms with Gasteiger partial charge in [-0.1, -0.05) is 34.1 Å². The third-order valence-electron chi connectivity index (χ3n) is 2.56. The summed E-state index contributed by atoms with van der Waals surface area (Å²) in [6.45, 7) is 2.40. The van der Waals surface area contributed by atoms with E-state index in [1.165, 1.54) is 0 Å². The van der Waals surface area contributed by atoms with E-state index in [1.54, 1.807) is 6.20 Å². The smallest absolute Gasteiger partial charge is 0.218 e. The van der Waals surface area contributed by atoms with Crippen LogP contribution in [0.4, 0.5) is 0 Å². The molecule has 18 heavy (non-hydrogen) atoms. The Balaban J connectivity index is 2.11. The predicted molar refractivity (Wildman–Crippen MR) is 75.3 cm³/mol. The van der Waals surface area contributed by atoms with Gasteiger partial charge in [-0.2, -0.15) is 0 Å². The molecule has 0 saturated heterocycles. The first-order valence-corrected chi connectivity index (χ1v) is 6.54. The largest absolute Gasteiger partial charge is 0.473 e. The van der Waals surface area contributed by atoms with E-state index < -0.39 is 0 Å². The van der Waals surface area contributed by atoms with Crippen LogP contribution in [0.25, 0.3) is 0 Å². The second-order valence-electron chi connectivity index (χ2n) is 4.11. The van der Waals surface area contributed by atoms with Crippen molar-refractivity contribution in [1.29, 1.82) is 0 Å². The summed E-state index contributed by atoms with van der Waals surface area (Å²) in [5.41, 5.74) is 7.89.